The molecule has 0 aromatic heterocycles. The third-order valence-electron chi connectivity index (χ3n) is 6.11. The molecule has 0 aromatic carbocycles. The van der Waals surface area contributed by atoms with Crippen molar-refractivity contribution in [1.29, 1.82) is 0 Å². The number of hydrogen-bond acceptors (Lipinski definition) is 3. The minimum absolute atomic E-state index is 0.411. The maximum absolute atomic E-state index is 6.15. The van der Waals surface area contributed by atoms with E-state index in [1.165, 1.54) is 51.9 Å². The van der Waals surface area contributed by atoms with Crippen LogP contribution in [-0.2, 0) is 0 Å². The van der Waals surface area contributed by atoms with Crippen molar-refractivity contribution in [1.82, 2.24) is 9.80 Å². The maximum Gasteiger partial charge on any atom is 0.0294 e. The standard InChI is InChI=1S/C16H31N3/c1-3-13(17)5-6-15-16-14(11-18(15)4-2)12-7-9-19(16)10-8-12/h12-16H,3-11,17H2,1-2H3. The van der Waals surface area contributed by atoms with Gasteiger partial charge in [0.2, 0.25) is 0 Å². The predicted molar refractivity (Wildman–Crippen MR) is 80.1 cm³/mol. The van der Waals surface area contributed by atoms with E-state index in [0.717, 1.165) is 30.3 Å². The first kappa shape index (κ1) is 13.8. The summed E-state index contributed by atoms with van der Waals surface area (Å²) in [5.41, 5.74) is 6.15. The zero-order valence-corrected chi connectivity index (χ0v) is 12.7. The van der Waals surface area contributed by atoms with Gasteiger partial charge in [-0.15, -0.1) is 0 Å². The summed E-state index contributed by atoms with van der Waals surface area (Å²) in [4.78, 5) is 5.57. The number of piperidine rings is 3. The summed E-state index contributed by atoms with van der Waals surface area (Å²) in [7, 11) is 0. The third-order valence-corrected chi connectivity index (χ3v) is 6.11. The lowest BCUT2D eigenvalue weighted by atomic mass is 9.73. The first-order valence-electron chi connectivity index (χ1n) is 8.48. The number of fused-ring (bicyclic) bond motifs is 2. The van der Waals surface area contributed by atoms with Crippen LogP contribution >= 0.6 is 0 Å². The van der Waals surface area contributed by atoms with Crippen molar-refractivity contribution in [2.24, 2.45) is 17.6 Å². The Morgan fingerprint density at radius 1 is 1.21 bits per heavy atom. The molecule has 3 heteroatoms. The Kier molecular flexibility index (Phi) is 4.16. The second-order valence-electron chi connectivity index (χ2n) is 6.93. The lowest BCUT2D eigenvalue weighted by Crippen LogP contribution is -2.57. The molecule has 0 aromatic rings. The van der Waals surface area contributed by atoms with Gasteiger partial charge in [-0.25, -0.2) is 0 Å². The molecule has 4 aliphatic rings. The largest absolute Gasteiger partial charge is 0.328 e. The van der Waals surface area contributed by atoms with E-state index in [-0.39, 0.29) is 0 Å². The van der Waals surface area contributed by atoms with Gasteiger partial charge >= 0.3 is 0 Å². The summed E-state index contributed by atoms with van der Waals surface area (Å²) in [6.07, 6.45) is 6.56. The fourth-order valence-electron chi connectivity index (χ4n) is 4.91. The van der Waals surface area contributed by atoms with Crippen molar-refractivity contribution in [3.05, 3.63) is 0 Å². The van der Waals surface area contributed by atoms with E-state index >= 15 is 0 Å². The van der Waals surface area contributed by atoms with E-state index in [1.54, 1.807) is 0 Å². The van der Waals surface area contributed by atoms with E-state index in [0.29, 0.717) is 6.04 Å². The van der Waals surface area contributed by atoms with Gasteiger partial charge in [0.15, 0.2) is 0 Å². The molecule has 4 heterocycles. The highest BCUT2D eigenvalue weighted by Crippen LogP contribution is 2.44. The van der Waals surface area contributed by atoms with Gasteiger partial charge in [-0.3, -0.25) is 9.80 Å². The molecule has 3 nitrogen and oxygen atoms in total. The Morgan fingerprint density at radius 2 is 1.95 bits per heavy atom. The average Bonchev–Trinajstić information content (AvgIpc) is 2.86. The summed E-state index contributed by atoms with van der Waals surface area (Å²) < 4.78 is 0. The zero-order valence-electron chi connectivity index (χ0n) is 12.7. The molecule has 4 rings (SSSR count). The molecule has 0 amide bonds. The van der Waals surface area contributed by atoms with Crippen LogP contribution in [0.3, 0.4) is 0 Å². The number of nitrogens with zero attached hydrogens (tertiary/aromatic N) is 2. The fraction of sp³-hybridized carbons (Fsp3) is 1.00. The molecule has 2 bridgehead atoms. The van der Waals surface area contributed by atoms with Crippen LogP contribution in [-0.4, -0.2) is 54.1 Å². The minimum Gasteiger partial charge on any atom is -0.328 e. The summed E-state index contributed by atoms with van der Waals surface area (Å²) in [6.45, 7) is 9.85. The van der Waals surface area contributed by atoms with E-state index in [4.69, 9.17) is 5.73 Å². The van der Waals surface area contributed by atoms with Gasteiger partial charge in [-0.05, 0) is 63.6 Å². The molecule has 0 radical (unpaired) electrons. The molecule has 2 N–H and O–H groups in total. The molecule has 110 valence electrons. The second kappa shape index (κ2) is 5.71. The Labute approximate surface area is 118 Å². The normalized spacial score (nSPS) is 43.4. The summed E-state index contributed by atoms with van der Waals surface area (Å²) >= 11 is 0. The Balaban J connectivity index is 1.69. The monoisotopic (exact) mass is 265 g/mol. The van der Waals surface area contributed by atoms with Crippen molar-refractivity contribution in [3.63, 3.8) is 0 Å². The van der Waals surface area contributed by atoms with Crippen molar-refractivity contribution >= 4 is 0 Å². The maximum atomic E-state index is 6.15. The van der Waals surface area contributed by atoms with Gasteiger partial charge in [-0.1, -0.05) is 13.8 Å². The first-order chi connectivity index (χ1) is 9.24. The third kappa shape index (κ3) is 2.45. The van der Waals surface area contributed by atoms with E-state index in [1.807, 2.05) is 0 Å². The lowest BCUT2D eigenvalue weighted by Gasteiger charge is -2.49. The van der Waals surface area contributed by atoms with Crippen LogP contribution in [0.2, 0.25) is 0 Å². The van der Waals surface area contributed by atoms with Crippen molar-refractivity contribution in [2.75, 3.05) is 26.2 Å². The zero-order chi connectivity index (χ0) is 13.4. The van der Waals surface area contributed by atoms with Gasteiger partial charge < -0.3 is 5.73 Å². The van der Waals surface area contributed by atoms with Gasteiger partial charge in [0.1, 0.15) is 0 Å². The first-order valence-corrected chi connectivity index (χ1v) is 8.48. The molecule has 4 unspecified atom stereocenters. The van der Waals surface area contributed by atoms with Crippen LogP contribution in [0.25, 0.3) is 0 Å². The Bertz CT molecular complexity index is 298. The van der Waals surface area contributed by atoms with Crippen LogP contribution < -0.4 is 5.73 Å². The van der Waals surface area contributed by atoms with Crippen molar-refractivity contribution in [2.45, 2.75) is 64.1 Å². The van der Waals surface area contributed by atoms with E-state index in [9.17, 15) is 0 Å². The highest BCUT2D eigenvalue weighted by atomic mass is 15.3. The number of nitrogens with two attached hydrogens (primary N) is 1. The molecule has 0 spiro atoms. The quantitative estimate of drug-likeness (QED) is 0.824. The molecule has 4 saturated heterocycles. The van der Waals surface area contributed by atoms with E-state index in [2.05, 4.69) is 23.6 Å². The molecular formula is C16H31N3. The minimum atomic E-state index is 0.411. The van der Waals surface area contributed by atoms with Gasteiger partial charge in [0.25, 0.3) is 0 Å². The second-order valence-corrected chi connectivity index (χ2v) is 6.93. The molecule has 0 saturated carbocycles. The van der Waals surface area contributed by atoms with Crippen LogP contribution in [0.15, 0.2) is 0 Å². The average molecular weight is 265 g/mol. The molecular weight excluding hydrogens is 234 g/mol. The van der Waals surface area contributed by atoms with Crippen LogP contribution in [0.4, 0.5) is 0 Å². The van der Waals surface area contributed by atoms with Crippen molar-refractivity contribution in [3.8, 4) is 0 Å². The predicted octanol–water partition coefficient (Wildman–Crippen LogP) is 1.92. The molecule has 4 fully saturated rings. The van der Waals surface area contributed by atoms with Crippen LogP contribution in [0, 0.1) is 11.8 Å². The summed E-state index contributed by atoms with van der Waals surface area (Å²) in [5, 5.41) is 0. The molecule has 4 atom stereocenters. The van der Waals surface area contributed by atoms with E-state index < -0.39 is 0 Å². The highest BCUT2D eigenvalue weighted by Gasteiger charge is 2.51. The smallest absolute Gasteiger partial charge is 0.0294 e. The molecule has 0 aliphatic carbocycles. The topological polar surface area (TPSA) is 32.5 Å². The number of hydrogen-bond donors (Lipinski definition) is 1. The SMILES string of the molecule is CCC(N)CCC1C2C(CN1CC)C1CCN2CC1. The number of rotatable bonds is 5. The van der Waals surface area contributed by atoms with Gasteiger partial charge in [0, 0.05) is 24.7 Å². The Hall–Kier alpha value is -0.120. The van der Waals surface area contributed by atoms with Crippen LogP contribution in [0.1, 0.15) is 46.0 Å². The number of likely N-dealkylation sites (N-methyl/N-ethyl adjacent to an activating group) is 1. The lowest BCUT2D eigenvalue weighted by molar-refractivity contribution is 0.00193. The Morgan fingerprint density at radius 3 is 2.58 bits per heavy atom. The summed E-state index contributed by atoms with van der Waals surface area (Å²) in [6, 6.07) is 2.06. The molecule has 19 heavy (non-hydrogen) atoms. The van der Waals surface area contributed by atoms with Gasteiger partial charge in [0.05, 0.1) is 0 Å². The fourth-order valence-corrected chi connectivity index (χ4v) is 4.91. The van der Waals surface area contributed by atoms with Crippen LogP contribution in [0.5, 0.6) is 0 Å². The highest BCUT2D eigenvalue weighted by molar-refractivity contribution is 5.06. The number of likely N-dealkylation sites (tertiary alicyclic amines) is 1. The van der Waals surface area contributed by atoms with Crippen molar-refractivity contribution < 1.29 is 0 Å². The van der Waals surface area contributed by atoms with Gasteiger partial charge in [-0.2, -0.15) is 0 Å². The summed E-state index contributed by atoms with van der Waals surface area (Å²) in [5.74, 6) is 1.99. The molecule has 4 aliphatic heterocycles.